The van der Waals surface area contributed by atoms with Crippen LogP contribution in [0.4, 0.5) is 9.59 Å². The first-order valence-corrected chi connectivity index (χ1v) is 16.6. The maximum Gasteiger partial charge on any atom is 0.475 e. The minimum absolute atomic E-state index is 0.00185. The van der Waals surface area contributed by atoms with Gasteiger partial charge in [0.15, 0.2) is 0 Å². The van der Waals surface area contributed by atoms with Gasteiger partial charge in [-0.1, -0.05) is 12.1 Å². The van der Waals surface area contributed by atoms with Crippen molar-refractivity contribution in [1.29, 1.82) is 0 Å². The summed E-state index contributed by atoms with van der Waals surface area (Å²) < 4.78 is 21.9. The SMILES string of the molecule is COc1c(C[C@@H](NC(=O)CC2CCC(N(CCNC(=O)OC(C)(C)C)C(=O)OC(C)(C)C)CC2)B(O)O)cccc1C(=O)OC(C)(C)C. The van der Waals surface area contributed by atoms with Gasteiger partial charge in [-0.05, 0) is 112 Å². The number of hydrogen-bond acceptors (Lipinski definition) is 10. The number of carbonyl (C=O) groups excluding carboxylic acids is 4. The van der Waals surface area contributed by atoms with Crippen LogP contribution < -0.4 is 15.4 Å². The van der Waals surface area contributed by atoms with Crippen LogP contribution in [0, 0.1) is 5.92 Å². The fourth-order valence-electron chi connectivity index (χ4n) is 5.47. The highest BCUT2D eigenvalue weighted by atomic mass is 16.6. The van der Waals surface area contributed by atoms with Gasteiger partial charge in [0.2, 0.25) is 5.91 Å². The molecule has 1 aliphatic rings. The molecule has 0 heterocycles. The van der Waals surface area contributed by atoms with Crippen LogP contribution in [-0.2, 0) is 25.4 Å². The highest BCUT2D eigenvalue weighted by Gasteiger charge is 2.34. The number of para-hydroxylation sites is 1. The summed E-state index contributed by atoms with van der Waals surface area (Å²) in [4.78, 5) is 52.8. The lowest BCUT2D eigenvalue weighted by Gasteiger charge is -2.37. The van der Waals surface area contributed by atoms with Gasteiger partial charge < -0.3 is 44.5 Å². The minimum atomic E-state index is -1.86. The second-order valence-corrected chi connectivity index (χ2v) is 15.3. The van der Waals surface area contributed by atoms with E-state index < -0.39 is 48.0 Å². The smallest absolute Gasteiger partial charge is 0.475 e. The lowest BCUT2D eigenvalue weighted by Crippen LogP contribution is -2.49. The Morgan fingerprint density at radius 2 is 1.48 bits per heavy atom. The summed E-state index contributed by atoms with van der Waals surface area (Å²) in [7, 11) is -0.454. The van der Waals surface area contributed by atoms with Crippen LogP contribution in [-0.4, -0.2) is 95.1 Å². The number of nitrogens with one attached hydrogen (secondary N) is 2. The molecule has 0 radical (unpaired) electrons. The van der Waals surface area contributed by atoms with E-state index in [1.54, 1.807) is 85.4 Å². The molecule has 1 fully saturated rings. The number of ether oxygens (including phenoxy) is 4. The van der Waals surface area contributed by atoms with Crippen molar-refractivity contribution in [3.63, 3.8) is 0 Å². The molecule has 0 aromatic heterocycles. The summed E-state index contributed by atoms with van der Waals surface area (Å²) in [6.45, 7) is 16.4. The highest BCUT2D eigenvalue weighted by molar-refractivity contribution is 6.43. The zero-order valence-corrected chi connectivity index (χ0v) is 30.3. The van der Waals surface area contributed by atoms with E-state index in [1.165, 1.54) is 7.11 Å². The molecule has 0 spiro atoms. The zero-order valence-electron chi connectivity index (χ0n) is 30.3. The van der Waals surface area contributed by atoms with Crippen LogP contribution >= 0.6 is 0 Å². The molecule has 0 unspecified atom stereocenters. The lowest BCUT2D eigenvalue weighted by atomic mass is 9.75. The molecule has 3 amide bonds. The third kappa shape index (κ3) is 14.3. The topological polar surface area (TPSA) is 173 Å². The van der Waals surface area contributed by atoms with Crippen molar-refractivity contribution in [2.45, 2.75) is 130 Å². The van der Waals surface area contributed by atoms with Crippen molar-refractivity contribution >= 4 is 31.2 Å². The Morgan fingerprint density at radius 1 is 0.896 bits per heavy atom. The van der Waals surface area contributed by atoms with E-state index in [1.807, 2.05) is 0 Å². The van der Waals surface area contributed by atoms with Crippen LogP contribution in [0.1, 0.15) is 110 Å². The van der Waals surface area contributed by atoms with Crippen LogP contribution in [0.15, 0.2) is 18.2 Å². The molecule has 0 aliphatic heterocycles. The van der Waals surface area contributed by atoms with Crippen molar-refractivity contribution in [1.82, 2.24) is 15.5 Å². The third-order valence-electron chi connectivity index (χ3n) is 7.45. The van der Waals surface area contributed by atoms with Gasteiger partial charge in [-0.3, -0.25) is 4.79 Å². The molecule has 1 saturated carbocycles. The quantitative estimate of drug-likeness (QED) is 0.141. The molecule has 1 aliphatic carbocycles. The van der Waals surface area contributed by atoms with Crippen molar-refractivity contribution in [2.24, 2.45) is 5.92 Å². The van der Waals surface area contributed by atoms with Crippen molar-refractivity contribution in [3.05, 3.63) is 29.3 Å². The maximum absolute atomic E-state index is 13.1. The monoisotopic (exact) mass is 677 g/mol. The number of alkyl carbamates (subject to hydrolysis) is 1. The van der Waals surface area contributed by atoms with E-state index >= 15 is 0 Å². The summed E-state index contributed by atoms with van der Waals surface area (Å²) in [5.41, 5.74) is -1.36. The fraction of sp³-hybridized carbons (Fsp3) is 0.706. The number of nitrogens with zero attached hydrogens (tertiary/aromatic N) is 1. The van der Waals surface area contributed by atoms with Gasteiger partial charge in [0, 0.05) is 25.6 Å². The summed E-state index contributed by atoms with van der Waals surface area (Å²) in [5.74, 6) is -1.73. The predicted octanol–water partition coefficient (Wildman–Crippen LogP) is 4.40. The number of amides is 3. The van der Waals surface area contributed by atoms with Gasteiger partial charge in [0.25, 0.3) is 0 Å². The molecule has 14 heteroatoms. The largest absolute Gasteiger partial charge is 0.496 e. The van der Waals surface area contributed by atoms with Crippen LogP contribution in [0.2, 0.25) is 0 Å². The van der Waals surface area contributed by atoms with Gasteiger partial charge in [0.1, 0.15) is 28.1 Å². The summed E-state index contributed by atoms with van der Waals surface area (Å²) in [6.07, 6.45) is 1.71. The van der Waals surface area contributed by atoms with E-state index in [2.05, 4.69) is 10.6 Å². The Balaban J connectivity index is 2.03. The predicted molar refractivity (Wildman–Crippen MR) is 182 cm³/mol. The maximum atomic E-state index is 13.1. The summed E-state index contributed by atoms with van der Waals surface area (Å²) >= 11 is 0. The molecule has 1 aromatic carbocycles. The van der Waals surface area contributed by atoms with E-state index in [0.717, 1.165) is 0 Å². The lowest BCUT2D eigenvalue weighted by molar-refractivity contribution is -0.122. The highest BCUT2D eigenvalue weighted by Crippen LogP contribution is 2.31. The molecule has 1 atom stereocenters. The van der Waals surface area contributed by atoms with Gasteiger partial charge >= 0.3 is 25.3 Å². The van der Waals surface area contributed by atoms with E-state index in [-0.39, 0.29) is 55.1 Å². The third-order valence-corrected chi connectivity index (χ3v) is 7.45. The molecule has 13 nitrogen and oxygen atoms in total. The number of methoxy groups -OCH3 is 1. The summed E-state index contributed by atoms with van der Waals surface area (Å²) in [5, 5.41) is 25.7. The van der Waals surface area contributed by atoms with Crippen molar-refractivity contribution in [2.75, 3.05) is 20.2 Å². The van der Waals surface area contributed by atoms with Gasteiger partial charge in [-0.25, -0.2) is 14.4 Å². The number of carbonyl (C=O) groups is 4. The standard InChI is InChI=1S/C34H56BN3O10/c1-32(2,3)46-29(40)25-13-11-12-23(28(25)45-10)21-26(35(43)44)37-27(39)20-22-14-16-24(17-15-22)38(31(42)48-34(7,8)9)19-18-36-30(41)47-33(4,5)6/h11-13,22,24,26,43-44H,14-21H2,1-10H3,(H,36,41)(H,37,39)/t22?,24?,26-/m1/s1. The molecule has 48 heavy (non-hydrogen) atoms. The number of esters is 1. The second-order valence-electron chi connectivity index (χ2n) is 15.3. The number of benzene rings is 1. The Kier molecular flexibility index (Phi) is 14.6. The number of hydrogen-bond donors (Lipinski definition) is 4. The van der Waals surface area contributed by atoms with E-state index in [4.69, 9.17) is 18.9 Å². The van der Waals surface area contributed by atoms with Crippen molar-refractivity contribution < 1.29 is 48.2 Å². The number of rotatable bonds is 12. The average molecular weight is 678 g/mol. The fourth-order valence-corrected chi connectivity index (χ4v) is 5.47. The molecular formula is C34H56BN3O10. The average Bonchev–Trinajstić information content (AvgIpc) is 2.92. The van der Waals surface area contributed by atoms with Crippen molar-refractivity contribution in [3.8, 4) is 5.75 Å². The van der Waals surface area contributed by atoms with Crippen LogP contribution in [0.25, 0.3) is 0 Å². The normalized spacial score (nSPS) is 17.4. The molecule has 0 saturated heterocycles. The Hall–Kier alpha value is -3.52. The molecule has 0 bridgehead atoms. The Bertz CT molecular complexity index is 1250. The molecule has 2 rings (SSSR count). The first-order valence-electron chi connectivity index (χ1n) is 16.6. The van der Waals surface area contributed by atoms with Crippen LogP contribution in [0.3, 0.4) is 0 Å². The van der Waals surface area contributed by atoms with E-state index in [9.17, 15) is 29.2 Å². The van der Waals surface area contributed by atoms with Gasteiger partial charge in [-0.15, -0.1) is 0 Å². The Labute approximate surface area is 285 Å². The molecule has 4 N–H and O–H groups in total. The zero-order chi connectivity index (χ0) is 36.4. The first-order chi connectivity index (χ1) is 22.1. The van der Waals surface area contributed by atoms with E-state index in [0.29, 0.717) is 31.2 Å². The van der Waals surface area contributed by atoms with Gasteiger partial charge in [0.05, 0.1) is 13.1 Å². The first kappa shape index (κ1) is 40.7. The van der Waals surface area contributed by atoms with Gasteiger partial charge in [-0.2, -0.15) is 0 Å². The minimum Gasteiger partial charge on any atom is -0.496 e. The van der Waals surface area contributed by atoms with Crippen LogP contribution in [0.5, 0.6) is 5.75 Å². The molecule has 270 valence electrons. The second kappa shape index (κ2) is 17.2. The summed E-state index contributed by atoms with van der Waals surface area (Å²) in [6, 6.07) is 4.76. The molecule has 1 aromatic rings. The Morgan fingerprint density at radius 3 is 2.00 bits per heavy atom. The molecular weight excluding hydrogens is 621 g/mol.